The third-order valence-corrected chi connectivity index (χ3v) is 4.81. The Balaban J connectivity index is 1.83. The molecule has 2 atom stereocenters. The molecule has 21 heavy (non-hydrogen) atoms. The molecular weight excluding hydrogens is 286 g/mol. The van der Waals surface area contributed by atoms with Crippen molar-refractivity contribution >= 4 is 22.4 Å². The first-order chi connectivity index (χ1) is 10.1. The van der Waals surface area contributed by atoms with E-state index < -0.39 is 0 Å². The Morgan fingerprint density at radius 2 is 2.24 bits per heavy atom. The second-order valence-corrected chi connectivity index (χ2v) is 6.24. The number of primary amides is 1. The van der Waals surface area contributed by atoms with Crippen molar-refractivity contribution in [3.05, 3.63) is 24.4 Å². The third kappa shape index (κ3) is 2.87. The average molecular weight is 303 g/mol. The lowest BCUT2D eigenvalue weighted by atomic mass is 9.93. The number of nitrogens with zero attached hydrogens (tertiary/aromatic N) is 4. The molecule has 1 amide bonds. The van der Waals surface area contributed by atoms with Gasteiger partial charge in [-0.3, -0.25) is 9.78 Å². The summed E-state index contributed by atoms with van der Waals surface area (Å²) in [5, 5.41) is 10.1. The molecule has 0 spiro atoms. The number of amides is 1. The van der Waals surface area contributed by atoms with Crippen LogP contribution >= 0.6 is 11.3 Å². The van der Waals surface area contributed by atoms with Gasteiger partial charge in [0.15, 0.2) is 5.01 Å². The first-order valence-electron chi connectivity index (χ1n) is 6.96. The second-order valence-electron chi connectivity index (χ2n) is 5.28. The Kier molecular flexibility index (Phi) is 3.83. The van der Waals surface area contributed by atoms with Crippen LogP contribution in [0.2, 0.25) is 0 Å². The van der Waals surface area contributed by atoms with Crippen molar-refractivity contribution in [3.8, 4) is 10.7 Å². The third-order valence-electron chi connectivity index (χ3n) is 3.83. The minimum Gasteiger partial charge on any atom is -0.369 e. The highest BCUT2D eigenvalue weighted by atomic mass is 32.1. The summed E-state index contributed by atoms with van der Waals surface area (Å²) in [6, 6.07) is 6.05. The highest BCUT2D eigenvalue weighted by Crippen LogP contribution is 2.32. The van der Waals surface area contributed by atoms with Gasteiger partial charge in [-0.15, -0.1) is 10.2 Å². The van der Waals surface area contributed by atoms with Crippen LogP contribution in [-0.4, -0.2) is 33.7 Å². The predicted octanol–water partition coefficient (Wildman–Crippen LogP) is 1.69. The molecule has 1 fully saturated rings. The van der Waals surface area contributed by atoms with Crippen LogP contribution in [-0.2, 0) is 4.79 Å². The van der Waals surface area contributed by atoms with Gasteiger partial charge in [-0.1, -0.05) is 17.4 Å². The van der Waals surface area contributed by atoms with Gasteiger partial charge in [-0.25, -0.2) is 0 Å². The van der Waals surface area contributed by atoms with E-state index in [9.17, 15) is 4.79 Å². The highest BCUT2D eigenvalue weighted by Gasteiger charge is 2.30. The lowest BCUT2D eigenvalue weighted by Crippen LogP contribution is -2.45. The van der Waals surface area contributed by atoms with Crippen LogP contribution in [0.15, 0.2) is 24.4 Å². The van der Waals surface area contributed by atoms with E-state index in [1.54, 1.807) is 6.20 Å². The molecule has 110 valence electrons. The number of carbonyl (C=O) groups is 1. The van der Waals surface area contributed by atoms with Crippen LogP contribution in [0.3, 0.4) is 0 Å². The second kappa shape index (κ2) is 5.77. The molecule has 2 aromatic heterocycles. The van der Waals surface area contributed by atoms with Crippen LogP contribution in [0, 0.1) is 5.92 Å². The van der Waals surface area contributed by atoms with E-state index in [0.29, 0.717) is 12.6 Å². The Morgan fingerprint density at radius 3 is 2.95 bits per heavy atom. The quantitative estimate of drug-likeness (QED) is 0.932. The summed E-state index contributed by atoms with van der Waals surface area (Å²) in [4.78, 5) is 17.8. The highest BCUT2D eigenvalue weighted by molar-refractivity contribution is 7.18. The molecule has 2 aromatic rings. The number of nitrogens with two attached hydrogens (primary N) is 1. The van der Waals surface area contributed by atoms with E-state index in [0.717, 1.165) is 28.7 Å². The van der Waals surface area contributed by atoms with Crippen molar-refractivity contribution < 1.29 is 4.79 Å². The summed E-state index contributed by atoms with van der Waals surface area (Å²) in [7, 11) is 0. The number of piperidine rings is 1. The Labute approximate surface area is 127 Å². The van der Waals surface area contributed by atoms with Crippen molar-refractivity contribution in [1.82, 2.24) is 15.2 Å². The molecule has 1 aliphatic heterocycles. The molecule has 1 aliphatic rings. The molecule has 0 bridgehead atoms. The Hall–Kier alpha value is -2.02. The summed E-state index contributed by atoms with van der Waals surface area (Å²) >= 11 is 1.50. The van der Waals surface area contributed by atoms with Crippen LogP contribution in [0.1, 0.15) is 19.8 Å². The predicted molar refractivity (Wildman–Crippen MR) is 81.9 cm³/mol. The van der Waals surface area contributed by atoms with Crippen molar-refractivity contribution in [2.24, 2.45) is 11.7 Å². The van der Waals surface area contributed by atoms with Crippen molar-refractivity contribution in [2.75, 3.05) is 11.4 Å². The normalized spacial score (nSPS) is 22.2. The minimum absolute atomic E-state index is 0.108. The van der Waals surface area contributed by atoms with Crippen molar-refractivity contribution in [2.45, 2.75) is 25.8 Å². The first kappa shape index (κ1) is 13.9. The molecule has 6 nitrogen and oxygen atoms in total. The molecule has 0 saturated carbocycles. The molecule has 0 radical (unpaired) electrons. The molecule has 3 rings (SSSR count). The van der Waals surface area contributed by atoms with Gasteiger partial charge in [0.1, 0.15) is 5.69 Å². The molecule has 0 aliphatic carbocycles. The fourth-order valence-corrected chi connectivity index (χ4v) is 3.46. The van der Waals surface area contributed by atoms with E-state index in [4.69, 9.17) is 5.73 Å². The Bertz CT molecular complexity index is 629. The van der Waals surface area contributed by atoms with Gasteiger partial charge < -0.3 is 10.6 Å². The van der Waals surface area contributed by atoms with E-state index in [1.807, 2.05) is 18.2 Å². The van der Waals surface area contributed by atoms with Crippen LogP contribution in [0.25, 0.3) is 10.7 Å². The zero-order valence-electron chi connectivity index (χ0n) is 11.8. The molecule has 3 heterocycles. The fourth-order valence-electron chi connectivity index (χ4n) is 2.53. The van der Waals surface area contributed by atoms with Crippen LogP contribution in [0.5, 0.6) is 0 Å². The monoisotopic (exact) mass is 303 g/mol. The number of hydrogen-bond acceptors (Lipinski definition) is 6. The van der Waals surface area contributed by atoms with Gasteiger partial charge in [0.2, 0.25) is 11.0 Å². The maximum absolute atomic E-state index is 11.4. The topological polar surface area (TPSA) is 85.0 Å². The summed E-state index contributed by atoms with van der Waals surface area (Å²) in [5.41, 5.74) is 6.26. The average Bonchev–Trinajstić information content (AvgIpc) is 2.98. The van der Waals surface area contributed by atoms with Gasteiger partial charge >= 0.3 is 0 Å². The molecule has 0 unspecified atom stereocenters. The lowest BCUT2D eigenvalue weighted by molar-refractivity contribution is -0.122. The molecule has 1 saturated heterocycles. The molecule has 2 N–H and O–H groups in total. The summed E-state index contributed by atoms with van der Waals surface area (Å²) < 4.78 is 0. The fraction of sp³-hybridized carbons (Fsp3) is 0.429. The summed E-state index contributed by atoms with van der Waals surface area (Å²) in [6.07, 6.45) is 3.52. The van der Waals surface area contributed by atoms with Crippen molar-refractivity contribution in [3.63, 3.8) is 0 Å². The Morgan fingerprint density at radius 1 is 1.38 bits per heavy atom. The van der Waals surface area contributed by atoms with E-state index in [1.165, 1.54) is 11.3 Å². The van der Waals surface area contributed by atoms with E-state index in [2.05, 4.69) is 27.0 Å². The standard InChI is InChI=1S/C14H17N5OS/c1-9-5-6-10(12(15)20)8-19(9)14-18-17-13(21-14)11-4-2-3-7-16-11/h2-4,7,9-10H,5-6,8H2,1H3,(H2,15,20)/t9-,10+/m1/s1. The maximum Gasteiger partial charge on any atom is 0.222 e. The molecule has 0 aromatic carbocycles. The number of hydrogen-bond donors (Lipinski definition) is 1. The summed E-state index contributed by atoms with van der Waals surface area (Å²) in [6.45, 7) is 2.76. The van der Waals surface area contributed by atoms with Crippen LogP contribution in [0.4, 0.5) is 5.13 Å². The number of rotatable bonds is 3. The summed E-state index contributed by atoms with van der Waals surface area (Å²) in [5.74, 6) is -0.343. The van der Waals surface area contributed by atoms with E-state index in [-0.39, 0.29) is 11.8 Å². The first-order valence-corrected chi connectivity index (χ1v) is 7.77. The van der Waals surface area contributed by atoms with Crippen LogP contribution < -0.4 is 10.6 Å². The minimum atomic E-state index is -0.235. The van der Waals surface area contributed by atoms with Gasteiger partial charge in [0, 0.05) is 18.8 Å². The number of aromatic nitrogens is 3. The zero-order valence-corrected chi connectivity index (χ0v) is 12.6. The van der Waals surface area contributed by atoms with Gasteiger partial charge in [-0.05, 0) is 31.9 Å². The number of carbonyl (C=O) groups excluding carboxylic acids is 1. The van der Waals surface area contributed by atoms with Gasteiger partial charge in [-0.2, -0.15) is 0 Å². The SMILES string of the molecule is C[C@@H]1CC[C@H](C(N)=O)CN1c1nnc(-c2ccccn2)s1. The number of anilines is 1. The molecule has 7 heteroatoms. The molecular formula is C14H17N5OS. The lowest BCUT2D eigenvalue weighted by Gasteiger charge is -2.36. The zero-order chi connectivity index (χ0) is 14.8. The van der Waals surface area contributed by atoms with Gasteiger partial charge in [0.05, 0.1) is 5.92 Å². The van der Waals surface area contributed by atoms with Crippen molar-refractivity contribution in [1.29, 1.82) is 0 Å². The van der Waals surface area contributed by atoms with Gasteiger partial charge in [0.25, 0.3) is 0 Å². The smallest absolute Gasteiger partial charge is 0.222 e. The maximum atomic E-state index is 11.4. The van der Waals surface area contributed by atoms with E-state index >= 15 is 0 Å². The number of pyridine rings is 1. The largest absolute Gasteiger partial charge is 0.369 e.